The van der Waals surface area contributed by atoms with Gasteiger partial charge in [-0.3, -0.25) is 4.68 Å². The van der Waals surface area contributed by atoms with E-state index in [0.717, 1.165) is 36.7 Å². The molecule has 29 heavy (non-hydrogen) atoms. The van der Waals surface area contributed by atoms with E-state index in [1.54, 1.807) is 29.3 Å². The number of nitriles is 1. The highest BCUT2D eigenvalue weighted by Crippen LogP contribution is 2.20. The molecule has 3 aromatic rings. The van der Waals surface area contributed by atoms with E-state index in [1.807, 2.05) is 19.3 Å². The molecule has 0 aromatic carbocycles. The van der Waals surface area contributed by atoms with Gasteiger partial charge in [0.2, 0.25) is 5.95 Å². The molecular formula is C19H20ClN9. The molecule has 10 heteroatoms. The number of hydrogen-bond acceptors (Lipinski definition) is 8. The summed E-state index contributed by atoms with van der Waals surface area (Å²) in [6.45, 7) is 2.28. The van der Waals surface area contributed by atoms with Crippen LogP contribution < -0.4 is 15.5 Å². The van der Waals surface area contributed by atoms with Gasteiger partial charge in [0.25, 0.3) is 0 Å². The molecular weight excluding hydrogens is 390 g/mol. The second-order valence-electron chi connectivity index (χ2n) is 6.85. The first-order valence-corrected chi connectivity index (χ1v) is 9.60. The number of hydrogen-bond donors (Lipinski definition) is 2. The second-order valence-corrected chi connectivity index (χ2v) is 7.25. The van der Waals surface area contributed by atoms with Gasteiger partial charge in [0.15, 0.2) is 0 Å². The van der Waals surface area contributed by atoms with E-state index in [4.69, 9.17) is 16.9 Å². The fourth-order valence-corrected chi connectivity index (χ4v) is 3.37. The van der Waals surface area contributed by atoms with E-state index in [-0.39, 0.29) is 0 Å². The van der Waals surface area contributed by atoms with Crippen LogP contribution in [0.3, 0.4) is 0 Å². The normalized spacial score (nSPS) is 16.0. The zero-order valence-electron chi connectivity index (χ0n) is 15.9. The molecule has 9 nitrogen and oxygen atoms in total. The third kappa shape index (κ3) is 4.62. The van der Waals surface area contributed by atoms with Gasteiger partial charge < -0.3 is 15.5 Å². The maximum atomic E-state index is 8.90. The molecule has 0 radical (unpaired) electrons. The summed E-state index contributed by atoms with van der Waals surface area (Å²) in [4.78, 5) is 15.3. The zero-order chi connectivity index (χ0) is 20.2. The number of aromatic nitrogens is 5. The summed E-state index contributed by atoms with van der Waals surface area (Å²) >= 11 is 6.29. The maximum Gasteiger partial charge on any atom is 0.227 e. The van der Waals surface area contributed by atoms with Crippen LogP contribution in [0, 0.1) is 11.3 Å². The van der Waals surface area contributed by atoms with Crippen molar-refractivity contribution in [1.82, 2.24) is 30.0 Å². The number of aryl methyl sites for hydroxylation is 1. The van der Waals surface area contributed by atoms with Gasteiger partial charge in [-0.25, -0.2) is 15.0 Å². The maximum absolute atomic E-state index is 8.90. The summed E-state index contributed by atoms with van der Waals surface area (Å²) in [7, 11) is 1.85. The molecule has 0 aliphatic carbocycles. The van der Waals surface area contributed by atoms with E-state index in [2.05, 4.69) is 41.7 Å². The lowest BCUT2D eigenvalue weighted by molar-refractivity contribution is 0.545. The Hall–Kier alpha value is -3.22. The summed E-state index contributed by atoms with van der Waals surface area (Å²) in [5.74, 6) is 1.37. The Morgan fingerprint density at radius 1 is 1.28 bits per heavy atom. The lowest BCUT2D eigenvalue weighted by atomic mass is 10.2. The predicted molar refractivity (Wildman–Crippen MR) is 110 cm³/mol. The molecule has 0 spiro atoms. The van der Waals surface area contributed by atoms with Crippen LogP contribution in [-0.4, -0.2) is 43.9 Å². The highest BCUT2D eigenvalue weighted by atomic mass is 35.5. The number of pyridine rings is 1. The molecule has 148 valence electrons. The fraction of sp³-hybridized carbons (Fsp3) is 0.316. The molecule has 4 rings (SSSR count). The van der Waals surface area contributed by atoms with Gasteiger partial charge in [0.05, 0.1) is 34.4 Å². The molecule has 2 N–H and O–H groups in total. The van der Waals surface area contributed by atoms with Gasteiger partial charge >= 0.3 is 0 Å². The van der Waals surface area contributed by atoms with Crippen LogP contribution in [0.1, 0.15) is 17.7 Å². The van der Waals surface area contributed by atoms with Crippen LogP contribution >= 0.6 is 11.6 Å². The minimum atomic E-state index is 0.299. The van der Waals surface area contributed by atoms with Crippen molar-refractivity contribution < 1.29 is 0 Å². The summed E-state index contributed by atoms with van der Waals surface area (Å²) in [6.07, 6.45) is 7.75. The molecule has 1 aliphatic heterocycles. The van der Waals surface area contributed by atoms with E-state index in [9.17, 15) is 0 Å². The Labute approximate surface area is 173 Å². The molecule has 4 heterocycles. The highest BCUT2D eigenvalue weighted by molar-refractivity contribution is 6.31. The van der Waals surface area contributed by atoms with Gasteiger partial charge in [-0.15, -0.1) is 0 Å². The highest BCUT2D eigenvalue weighted by Gasteiger charge is 2.23. The van der Waals surface area contributed by atoms with E-state index >= 15 is 0 Å². The summed E-state index contributed by atoms with van der Waals surface area (Å²) in [6, 6.07) is 6.07. The van der Waals surface area contributed by atoms with Gasteiger partial charge in [-0.2, -0.15) is 10.4 Å². The summed E-state index contributed by atoms with van der Waals surface area (Å²) in [5, 5.41) is 20.2. The predicted octanol–water partition coefficient (Wildman–Crippen LogP) is 2.24. The Morgan fingerprint density at radius 2 is 2.17 bits per heavy atom. The Balaban J connectivity index is 1.35. The van der Waals surface area contributed by atoms with Crippen LogP contribution in [0.25, 0.3) is 0 Å². The minimum Gasteiger partial charge on any atom is -0.355 e. The average molecular weight is 410 g/mol. The minimum absolute atomic E-state index is 0.299. The molecule has 1 fully saturated rings. The molecule has 1 unspecified atom stereocenters. The molecule has 0 saturated carbocycles. The van der Waals surface area contributed by atoms with Crippen molar-refractivity contribution in [1.29, 1.82) is 5.26 Å². The van der Waals surface area contributed by atoms with Crippen LogP contribution in [0.4, 0.5) is 17.5 Å². The molecule has 3 aromatic heterocycles. The summed E-state index contributed by atoms with van der Waals surface area (Å²) < 4.78 is 1.70. The van der Waals surface area contributed by atoms with Gasteiger partial charge in [0, 0.05) is 45.1 Å². The van der Waals surface area contributed by atoms with Crippen LogP contribution in [0.2, 0.25) is 5.02 Å². The second kappa shape index (κ2) is 8.43. The van der Waals surface area contributed by atoms with Gasteiger partial charge in [-0.1, -0.05) is 11.6 Å². The fourth-order valence-electron chi connectivity index (χ4n) is 3.22. The van der Waals surface area contributed by atoms with Crippen molar-refractivity contribution in [3.63, 3.8) is 0 Å². The van der Waals surface area contributed by atoms with E-state index in [1.165, 1.54) is 0 Å². The van der Waals surface area contributed by atoms with Crippen molar-refractivity contribution in [2.75, 3.05) is 23.3 Å². The monoisotopic (exact) mass is 409 g/mol. The van der Waals surface area contributed by atoms with Gasteiger partial charge in [0.1, 0.15) is 11.9 Å². The number of halogens is 1. The van der Waals surface area contributed by atoms with Crippen LogP contribution in [0.15, 0.2) is 36.9 Å². The van der Waals surface area contributed by atoms with E-state index in [0.29, 0.717) is 29.1 Å². The number of rotatable bonds is 6. The first kappa shape index (κ1) is 19.1. The SMILES string of the molecule is Cn1cc(Nc2ncc(Cl)c(CNC3CCN(c4ccc(C#N)cn4)C3)n2)cn1. The van der Waals surface area contributed by atoms with Crippen molar-refractivity contribution in [3.05, 3.63) is 53.2 Å². The van der Waals surface area contributed by atoms with E-state index < -0.39 is 0 Å². The third-order valence-electron chi connectivity index (χ3n) is 4.73. The topological polar surface area (TPSA) is 108 Å². The summed E-state index contributed by atoms with van der Waals surface area (Å²) in [5.41, 5.74) is 2.12. The first-order chi connectivity index (χ1) is 14.1. The lowest BCUT2D eigenvalue weighted by Crippen LogP contribution is -2.32. The Kier molecular flexibility index (Phi) is 5.55. The van der Waals surface area contributed by atoms with Gasteiger partial charge in [-0.05, 0) is 18.6 Å². The van der Waals surface area contributed by atoms with Crippen molar-refractivity contribution >= 4 is 29.1 Å². The van der Waals surface area contributed by atoms with Crippen LogP contribution in [-0.2, 0) is 13.6 Å². The zero-order valence-corrected chi connectivity index (χ0v) is 16.6. The Morgan fingerprint density at radius 3 is 2.90 bits per heavy atom. The number of nitrogens with zero attached hydrogens (tertiary/aromatic N) is 7. The smallest absolute Gasteiger partial charge is 0.227 e. The molecule has 1 saturated heterocycles. The van der Waals surface area contributed by atoms with Crippen molar-refractivity contribution in [3.8, 4) is 6.07 Å². The first-order valence-electron chi connectivity index (χ1n) is 9.22. The van der Waals surface area contributed by atoms with Crippen LogP contribution in [0.5, 0.6) is 0 Å². The quantitative estimate of drug-likeness (QED) is 0.638. The number of anilines is 3. The number of nitrogens with one attached hydrogen (secondary N) is 2. The Bertz CT molecular complexity index is 1020. The standard InChI is InChI=1S/C19H20ClN9/c1-28-11-15(8-25-28)26-19-24-9-16(20)17(27-19)10-22-14-4-5-29(12-14)18-3-2-13(6-21)7-23-18/h2-3,7-9,11,14,22H,4-5,10,12H2,1H3,(H,24,26,27). The molecule has 0 amide bonds. The van der Waals surface area contributed by atoms with Crippen molar-refractivity contribution in [2.45, 2.75) is 19.0 Å². The lowest BCUT2D eigenvalue weighted by Gasteiger charge is -2.18. The average Bonchev–Trinajstić information content (AvgIpc) is 3.37. The largest absolute Gasteiger partial charge is 0.355 e. The third-order valence-corrected chi connectivity index (χ3v) is 5.04. The molecule has 0 bridgehead atoms. The molecule has 1 aliphatic rings. The molecule has 1 atom stereocenters. The van der Waals surface area contributed by atoms with Crippen molar-refractivity contribution in [2.24, 2.45) is 7.05 Å².